The molecule has 0 spiro atoms. The van der Waals surface area contributed by atoms with Gasteiger partial charge in [0.25, 0.3) is 0 Å². The minimum absolute atomic E-state index is 0.400. The maximum Gasteiger partial charge on any atom is 0.243 e. The maximum atomic E-state index is 12.7. The van der Waals surface area contributed by atoms with E-state index < -0.39 is 10.0 Å². The monoisotopic (exact) mass is 355 g/mol. The van der Waals surface area contributed by atoms with Gasteiger partial charge in [-0.25, -0.2) is 8.42 Å². The Kier molecular flexibility index (Phi) is 7.68. The molecule has 2 rings (SSSR count). The van der Waals surface area contributed by atoms with Gasteiger partial charge in [0.05, 0.1) is 18.1 Å². The predicted molar refractivity (Wildman–Crippen MR) is 94.6 cm³/mol. The second kappa shape index (κ2) is 9.51. The van der Waals surface area contributed by atoms with E-state index in [-0.39, 0.29) is 0 Å². The Morgan fingerprint density at radius 1 is 1.12 bits per heavy atom. The van der Waals surface area contributed by atoms with Crippen molar-refractivity contribution in [1.29, 1.82) is 0 Å². The molecule has 1 aliphatic heterocycles. The summed E-state index contributed by atoms with van der Waals surface area (Å²) < 4.78 is 37.6. The zero-order valence-corrected chi connectivity index (χ0v) is 15.6. The van der Waals surface area contributed by atoms with Crippen molar-refractivity contribution in [2.75, 3.05) is 40.0 Å². The fourth-order valence-corrected chi connectivity index (χ4v) is 4.44. The minimum atomic E-state index is -3.37. The summed E-state index contributed by atoms with van der Waals surface area (Å²) in [6.45, 7) is 5.13. The highest BCUT2D eigenvalue weighted by Crippen LogP contribution is 2.24. The largest absolute Gasteiger partial charge is 0.382 e. The van der Waals surface area contributed by atoms with Crippen molar-refractivity contribution >= 4 is 10.0 Å². The molecular weight excluding hydrogens is 326 g/mol. The van der Waals surface area contributed by atoms with Crippen LogP contribution in [-0.4, -0.2) is 52.7 Å². The van der Waals surface area contributed by atoms with Gasteiger partial charge in [-0.05, 0) is 42.9 Å². The number of sulfonamides is 1. The number of nitrogens with zero attached hydrogens (tertiary/aromatic N) is 1. The van der Waals surface area contributed by atoms with Crippen LogP contribution >= 0.6 is 0 Å². The molecular formula is C18H29NO4S. The molecule has 0 amide bonds. The predicted octanol–water partition coefficient (Wildman–Crippen LogP) is 2.70. The molecule has 5 nitrogen and oxygen atoms in total. The first-order valence-corrected chi connectivity index (χ1v) is 10.2. The normalized spacial score (nSPS) is 17.2. The van der Waals surface area contributed by atoms with E-state index in [1.165, 1.54) is 5.56 Å². The van der Waals surface area contributed by atoms with Crippen LogP contribution in [0.5, 0.6) is 0 Å². The number of piperidine rings is 1. The number of methoxy groups -OCH3 is 1. The summed E-state index contributed by atoms with van der Waals surface area (Å²) in [5.74, 6) is 0.431. The van der Waals surface area contributed by atoms with Gasteiger partial charge in [-0.3, -0.25) is 0 Å². The van der Waals surface area contributed by atoms with Crippen LogP contribution < -0.4 is 0 Å². The van der Waals surface area contributed by atoms with Gasteiger partial charge in [0.15, 0.2) is 0 Å². The highest BCUT2D eigenvalue weighted by atomic mass is 32.2. The van der Waals surface area contributed by atoms with Gasteiger partial charge in [-0.15, -0.1) is 0 Å². The molecule has 24 heavy (non-hydrogen) atoms. The summed E-state index contributed by atoms with van der Waals surface area (Å²) in [4.78, 5) is 0.400. The summed E-state index contributed by atoms with van der Waals surface area (Å²) >= 11 is 0. The van der Waals surface area contributed by atoms with E-state index in [4.69, 9.17) is 9.47 Å². The third kappa shape index (κ3) is 5.28. The highest BCUT2D eigenvalue weighted by Gasteiger charge is 2.29. The minimum Gasteiger partial charge on any atom is -0.382 e. The first-order valence-electron chi connectivity index (χ1n) is 8.73. The van der Waals surface area contributed by atoms with Gasteiger partial charge < -0.3 is 9.47 Å². The first kappa shape index (κ1) is 19.4. The maximum absolute atomic E-state index is 12.7. The molecule has 0 unspecified atom stereocenters. The third-order valence-electron chi connectivity index (χ3n) is 4.46. The standard InChI is InChI=1S/C18H29NO4S/c1-3-4-16-5-7-18(8-6-16)24(20,21)19-11-9-17(10-12-19)15-23-14-13-22-2/h5-8,17H,3-4,9-15H2,1-2H3. The smallest absolute Gasteiger partial charge is 0.243 e. The summed E-state index contributed by atoms with van der Waals surface area (Å²) in [7, 11) is -1.72. The molecule has 0 saturated carbocycles. The van der Waals surface area contributed by atoms with Crippen LogP contribution in [0.3, 0.4) is 0 Å². The Balaban J connectivity index is 1.87. The van der Waals surface area contributed by atoms with E-state index >= 15 is 0 Å². The molecule has 1 aromatic rings. The molecule has 0 aliphatic carbocycles. The van der Waals surface area contributed by atoms with Crippen LogP contribution in [0.4, 0.5) is 0 Å². The lowest BCUT2D eigenvalue weighted by molar-refractivity contribution is 0.0410. The average molecular weight is 356 g/mol. The number of aryl methyl sites for hydroxylation is 1. The van der Waals surface area contributed by atoms with Crippen LogP contribution in [0, 0.1) is 5.92 Å². The molecule has 0 N–H and O–H groups in total. The first-order chi connectivity index (χ1) is 11.6. The van der Waals surface area contributed by atoms with Gasteiger partial charge in [-0.2, -0.15) is 4.31 Å². The molecule has 1 aromatic carbocycles. The molecule has 1 saturated heterocycles. The molecule has 0 radical (unpaired) electrons. The van der Waals surface area contributed by atoms with E-state index in [2.05, 4.69) is 6.92 Å². The van der Waals surface area contributed by atoms with Crippen molar-refractivity contribution in [3.05, 3.63) is 29.8 Å². The number of hydrogen-bond acceptors (Lipinski definition) is 4. The van der Waals surface area contributed by atoms with Crippen LogP contribution in [0.15, 0.2) is 29.2 Å². The third-order valence-corrected chi connectivity index (χ3v) is 6.37. The lowest BCUT2D eigenvalue weighted by atomic mass is 9.99. The van der Waals surface area contributed by atoms with Crippen LogP contribution in [0.2, 0.25) is 0 Å². The van der Waals surface area contributed by atoms with Crippen molar-refractivity contribution in [1.82, 2.24) is 4.31 Å². The van der Waals surface area contributed by atoms with Crippen LogP contribution in [-0.2, 0) is 25.9 Å². The van der Waals surface area contributed by atoms with E-state index in [1.54, 1.807) is 23.5 Å². The van der Waals surface area contributed by atoms with E-state index in [0.29, 0.717) is 43.7 Å². The Hall–Kier alpha value is -0.950. The molecule has 0 atom stereocenters. The summed E-state index contributed by atoms with van der Waals surface area (Å²) in [6.07, 6.45) is 3.74. The Bertz CT molecular complexity index is 578. The fourth-order valence-electron chi connectivity index (χ4n) is 2.97. The van der Waals surface area contributed by atoms with E-state index in [1.807, 2.05) is 12.1 Å². The quantitative estimate of drug-likeness (QED) is 0.639. The summed E-state index contributed by atoms with van der Waals surface area (Å²) in [5, 5.41) is 0. The Morgan fingerprint density at radius 3 is 2.38 bits per heavy atom. The van der Waals surface area contributed by atoms with Crippen molar-refractivity contribution in [3.8, 4) is 0 Å². The van der Waals surface area contributed by atoms with Gasteiger partial charge in [0.2, 0.25) is 10.0 Å². The second-order valence-electron chi connectivity index (χ2n) is 6.31. The van der Waals surface area contributed by atoms with E-state index in [9.17, 15) is 8.42 Å². The van der Waals surface area contributed by atoms with Crippen LogP contribution in [0.25, 0.3) is 0 Å². The molecule has 1 aliphatic rings. The zero-order valence-electron chi connectivity index (χ0n) is 14.7. The number of hydrogen-bond donors (Lipinski definition) is 0. The molecule has 136 valence electrons. The molecule has 0 aromatic heterocycles. The summed E-state index contributed by atoms with van der Waals surface area (Å²) in [5.41, 5.74) is 1.18. The number of rotatable bonds is 9. The Labute approximate surface area is 146 Å². The molecule has 1 heterocycles. The molecule has 1 fully saturated rings. The lowest BCUT2D eigenvalue weighted by Gasteiger charge is -2.31. The SMILES string of the molecule is CCCc1ccc(S(=O)(=O)N2CCC(COCCOC)CC2)cc1. The number of ether oxygens (including phenoxy) is 2. The second-order valence-corrected chi connectivity index (χ2v) is 8.25. The van der Waals surface area contributed by atoms with Gasteiger partial charge in [-0.1, -0.05) is 25.5 Å². The van der Waals surface area contributed by atoms with Gasteiger partial charge >= 0.3 is 0 Å². The van der Waals surface area contributed by atoms with E-state index in [0.717, 1.165) is 25.7 Å². The van der Waals surface area contributed by atoms with Crippen LogP contribution in [0.1, 0.15) is 31.7 Å². The Morgan fingerprint density at radius 2 is 1.79 bits per heavy atom. The van der Waals surface area contributed by atoms with Crippen molar-refractivity contribution in [2.24, 2.45) is 5.92 Å². The van der Waals surface area contributed by atoms with Crippen molar-refractivity contribution in [3.63, 3.8) is 0 Å². The van der Waals surface area contributed by atoms with Crippen molar-refractivity contribution in [2.45, 2.75) is 37.5 Å². The number of benzene rings is 1. The molecule has 0 bridgehead atoms. The molecule has 6 heteroatoms. The fraction of sp³-hybridized carbons (Fsp3) is 0.667. The zero-order chi connectivity index (χ0) is 17.4. The van der Waals surface area contributed by atoms with Gasteiger partial charge in [0.1, 0.15) is 0 Å². The lowest BCUT2D eigenvalue weighted by Crippen LogP contribution is -2.39. The van der Waals surface area contributed by atoms with Gasteiger partial charge in [0, 0.05) is 26.8 Å². The average Bonchev–Trinajstić information content (AvgIpc) is 2.60. The van der Waals surface area contributed by atoms with Crippen molar-refractivity contribution < 1.29 is 17.9 Å². The summed E-state index contributed by atoms with van der Waals surface area (Å²) in [6, 6.07) is 7.32. The highest BCUT2D eigenvalue weighted by molar-refractivity contribution is 7.89. The topological polar surface area (TPSA) is 55.8 Å².